The second-order valence-corrected chi connectivity index (χ2v) is 4.06. The van der Waals surface area contributed by atoms with Gasteiger partial charge in [0, 0.05) is 12.1 Å². The summed E-state index contributed by atoms with van der Waals surface area (Å²) in [6.45, 7) is 2.79. The summed E-state index contributed by atoms with van der Waals surface area (Å²) in [5.41, 5.74) is -0.0783. The van der Waals surface area contributed by atoms with Crippen LogP contribution < -0.4 is 5.32 Å². The highest BCUT2D eigenvalue weighted by molar-refractivity contribution is 4.94. The molecule has 2 N–H and O–H groups in total. The van der Waals surface area contributed by atoms with Crippen molar-refractivity contribution in [1.29, 1.82) is 5.26 Å². The van der Waals surface area contributed by atoms with Gasteiger partial charge < -0.3 is 10.4 Å². The molecular formula is C10H18N2O. The van der Waals surface area contributed by atoms with Crippen molar-refractivity contribution < 1.29 is 5.11 Å². The van der Waals surface area contributed by atoms with Crippen molar-refractivity contribution in [2.24, 2.45) is 5.92 Å². The van der Waals surface area contributed by atoms with Crippen molar-refractivity contribution in [2.45, 2.75) is 38.1 Å². The Bertz CT molecular complexity index is 192. The largest absolute Gasteiger partial charge is 0.394 e. The van der Waals surface area contributed by atoms with Crippen molar-refractivity contribution in [3.8, 4) is 6.07 Å². The molecule has 1 aliphatic carbocycles. The molecule has 1 fully saturated rings. The van der Waals surface area contributed by atoms with E-state index in [-0.39, 0.29) is 18.1 Å². The van der Waals surface area contributed by atoms with Gasteiger partial charge in [0.2, 0.25) is 0 Å². The van der Waals surface area contributed by atoms with Crippen LogP contribution in [0.3, 0.4) is 0 Å². The molecule has 1 saturated carbocycles. The van der Waals surface area contributed by atoms with Crippen molar-refractivity contribution in [3.63, 3.8) is 0 Å². The van der Waals surface area contributed by atoms with Gasteiger partial charge in [-0.15, -0.1) is 0 Å². The molecule has 0 saturated heterocycles. The monoisotopic (exact) mass is 182 g/mol. The first kappa shape index (κ1) is 10.5. The lowest BCUT2D eigenvalue weighted by molar-refractivity contribution is 0.162. The van der Waals surface area contributed by atoms with Gasteiger partial charge in [0.05, 0.1) is 18.6 Å². The third-order valence-electron chi connectivity index (χ3n) is 2.87. The highest BCUT2D eigenvalue weighted by Gasteiger charge is 2.32. The molecule has 1 aliphatic rings. The van der Waals surface area contributed by atoms with E-state index in [9.17, 15) is 5.11 Å². The Morgan fingerprint density at radius 3 is 2.62 bits per heavy atom. The highest BCUT2D eigenvalue weighted by atomic mass is 16.3. The molecule has 0 radical (unpaired) electrons. The number of aliphatic hydroxyl groups is 1. The molecule has 0 spiro atoms. The Balaban J connectivity index is 2.36. The first-order valence-electron chi connectivity index (χ1n) is 4.98. The van der Waals surface area contributed by atoms with E-state index in [0.29, 0.717) is 6.54 Å². The molecular weight excluding hydrogens is 164 g/mol. The first-order chi connectivity index (χ1) is 6.22. The SMILES string of the molecule is CC(C#N)CNC1(CO)CCCC1. The third kappa shape index (κ3) is 2.68. The fourth-order valence-corrected chi connectivity index (χ4v) is 1.86. The molecule has 0 amide bonds. The van der Waals surface area contributed by atoms with Gasteiger partial charge >= 0.3 is 0 Å². The summed E-state index contributed by atoms with van der Waals surface area (Å²) in [5.74, 6) is 0.0315. The standard InChI is InChI=1S/C10H18N2O/c1-9(6-11)7-12-10(8-13)4-2-3-5-10/h9,12-13H,2-5,7-8H2,1H3. The van der Waals surface area contributed by atoms with Crippen molar-refractivity contribution in [3.05, 3.63) is 0 Å². The Morgan fingerprint density at radius 2 is 2.15 bits per heavy atom. The fraction of sp³-hybridized carbons (Fsp3) is 0.900. The van der Waals surface area contributed by atoms with E-state index in [4.69, 9.17) is 5.26 Å². The van der Waals surface area contributed by atoms with Gasteiger partial charge in [0.25, 0.3) is 0 Å². The maximum atomic E-state index is 9.26. The van der Waals surface area contributed by atoms with Gasteiger partial charge in [-0.3, -0.25) is 0 Å². The zero-order valence-corrected chi connectivity index (χ0v) is 8.21. The maximum absolute atomic E-state index is 9.26. The van der Waals surface area contributed by atoms with E-state index >= 15 is 0 Å². The zero-order valence-electron chi connectivity index (χ0n) is 8.21. The van der Waals surface area contributed by atoms with Crippen LogP contribution in [0.2, 0.25) is 0 Å². The number of aliphatic hydroxyl groups excluding tert-OH is 1. The summed E-state index contributed by atoms with van der Waals surface area (Å²) in [4.78, 5) is 0. The van der Waals surface area contributed by atoms with Gasteiger partial charge in [0.15, 0.2) is 0 Å². The number of hydrogen-bond donors (Lipinski definition) is 2. The summed E-state index contributed by atoms with van der Waals surface area (Å²) in [5, 5.41) is 21.2. The van der Waals surface area contributed by atoms with Crippen LogP contribution in [0, 0.1) is 17.2 Å². The molecule has 0 aromatic heterocycles. The maximum Gasteiger partial charge on any atom is 0.0666 e. The molecule has 0 aromatic rings. The lowest BCUT2D eigenvalue weighted by Crippen LogP contribution is -2.47. The quantitative estimate of drug-likeness (QED) is 0.683. The molecule has 0 bridgehead atoms. The van der Waals surface area contributed by atoms with Crippen LogP contribution in [-0.2, 0) is 0 Å². The predicted octanol–water partition coefficient (Wildman–Crippen LogP) is 1.04. The van der Waals surface area contributed by atoms with Gasteiger partial charge in [-0.2, -0.15) is 5.26 Å². The smallest absolute Gasteiger partial charge is 0.0666 e. The fourth-order valence-electron chi connectivity index (χ4n) is 1.86. The minimum atomic E-state index is -0.0783. The van der Waals surface area contributed by atoms with Crippen molar-refractivity contribution >= 4 is 0 Å². The number of nitrogens with zero attached hydrogens (tertiary/aromatic N) is 1. The van der Waals surface area contributed by atoms with Gasteiger partial charge in [-0.05, 0) is 19.8 Å². The van der Waals surface area contributed by atoms with Gasteiger partial charge in [-0.1, -0.05) is 12.8 Å². The second kappa shape index (κ2) is 4.59. The van der Waals surface area contributed by atoms with Crippen molar-refractivity contribution in [1.82, 2.24) is 5.32 Å². The minimum absolute atomic E-state index is 0.0315. The lowest BCUT2D eigenvalue weighted by atomic mass is 9.98. The number of nitrogens with one attached hydrogen (secondary N) is 1. The summed E-state index contributed by atoms with van der Waals surface area (Å²) in [7, 11) is 0. The van der Waals surface area contributed by atoms with E-state index in [1.807, 2.05) is 6.92 Å². The van der Waals surface area contributed by atoms with Crippen molar-refractivity contribution in [2.75, 3.05) is 13.2 Å². The Labute approximate surface area is 79.8 Å². The van der Waals surface area contributed by atoms with E-state index in [1.54, 1.807) is 0 Å². The molecule has 1 atom stereocenters. The topological polar surface area (TPSA) is 56.0 Å². The number of nitriles is 1. The van der Waals surface area contributed by atoms with Crippen LogP contribution in [-0.4, -0.2) is 23.8 Å². The Hall–Kier alpha value is -0.590. The Morgan fingerprint density at radius 1 is 1.54 bits per heavy atom. The van der Waals surface area contributed by atoms with Gasteiger partial charge in [0.1, 0.15) is 0 Å². The molecule has 0 heterocycles. The van der Waals surface area contributed by atoms with E-state index in [2.05, 4.69) is 11.4 Å². The van der Waals surface area contributed by atoms with E-state index < -0.39 is 0 Å². The Kier molecular flexibility index (Phi) is 3.71. The molecule has 13 heavy (non-hydrogen) atoms. The van der Waals surface area contributed by atoms with Crippen LogP contribution in [0.5, 0.6) is 0 Å². The molecule has 1 unspecified atom stereocenters. The van der Waals surface area contributed by atoms with Crippen LogP contribution in [0.4, 0.5) is 0 Å². The normalized spacial score (nSPS) is 22.5. The summed E-state index contributed by atoms with van der Waals surface area (Å²) < 4.78 is 0. The van der Waals surface area contributed by atoms with Crippen LogP contribution in [0.1, 0.15) is 32.6 Å². The summed E-state index contributed by atoms with van der Waals surface area (Å²) >= 11 is 0. The molecule has 74 valence electrons. The average Bonchev–Trinajstić information content (AvgIpc) is 2.63. The second-order valence-electron chi connectivity index (χ2n) is 4.06. The van der Waals surface area contributed by atoms with E-state index in [1.165, 1.54) is 12.8 Å². The number of rotatable bonds is 4. The molecule has 0 aliphatic heterocycles. The highest BCUT2D eigenvalue weighted by Crippen LogP contribution is 2.29. The summed E-state index contributed by atoms with van der Waals surface area (Å²) in [6.07, 6.45) is 4.46. The molecule has 0 aromatic carbocycles. The average molecular weight is 182 g/mol. The van der Waals surface area contributed by atoms with Crippen LogP contribution in [0.15, 0.2) is 0 Å². The minimum Gasteiger partial charge on any atom is -0.394 e. The lowest BCUT2D eigenvalue weighted by Gasteiger charge is -2.28. The first-order valence-corrected chi connectivity index (χ1v) is 4.98. The third-order valence-corrected chi connectivity index (χ3v) is 2.87. The van der Waals surface area contributed by atoms with Crippen LogP contribution in [0.25, 0.3) is 0 Å². The molecule has 3 heteroatoms. The zero-order chi connectivity index (χ0) is 9.73. The van der Waals surface area contributed by atoms with E-state index in [0.717, 1.165) is 12.8 Å². The van der Waals surface area contributed by atoms with Gasteiger partial charge in [-0.25, -0.2) is 0 Å². The predicted molar refractivity (Wildman–Crippen MR) is 51.1 cm³/mol. The molecule has 1 rings (SSSR count). The van der Waals surface area contributed by atoms with Crippen LogP contribution >= 0.6 is 0 Å². The summed E-state index contributed by atoms with van der Waals surface area (Å²) in [6, 6.07) is 2.19. The number of hydrogen-bond acceptors (Lipinski definition) is 3. The molecule has 3 nitrogen and oxygen atoms in total.